The second-order valence-electron chi connectivity index (χ2n) is 6.10. The summed E-state index contributed by atoms with van der Waals surface area (Å²) >= 11 is 0. The standard InChI is InChI=1S/C16H25N3O2/c1-10-7-17-8-14-6-12-5-13(9-20-3)15(11(2)21-4)18-16(12)19(10)14/h5,10-11,14,17H,6-9H2,1-4H3/t10-,11-,14-/m1/s1. The Bertz CT molecular complexity index is 520. The van der Waals surface area contributed by atoms with E-state index in [1.165, 1.54) is 5.56 Å². The van der Waals surface area contributed by atoms with Crippen LogP contribution in [-0.4, -0.2) is 44.4 Å². The summed E-state index contributed by atoms with van der Waals surface area (Å²) in [6.07, 6.45) is 1.05. The van der Waals surface area contributed by atoms with Crippen molar-refractivity contribution in [3.63, 3.8) is 0 Å². The Balaban J connectivity index is 2.03. The van der Waals surface area contributed by atoms with Crippen molar-refractivity contribution in [3.05, 3.63) is 22.9 Å². The lowest BCUT2D eigenvalue weighted by Gasteiger charge is -2.38. The van der Waals surface area contributed by atoms with Crippen molar-refractivity contribution in [2.75, 3.05) is 32.2 Å². The van der Waals surface area contributed by atoms with Crippen LogP contribution in [-0.2, 0) is 22.5 Å². The van der Waals surface area contributed by atoms with Gasteiger partial charge in [0.05, 0.1) is 18.4 Å². The summed E-state index contributed by atoms with van der Waals surface area (Å²) < 4.78 is 10.8. The molecule has 1 aromatic rings. The molecule has 116 valence electrons. The molecular formula is C16H25N3O2. The maximum Gasteiger partial charge on any atom is 0.132 e. The molecule has 21 heavy (non-hydrogen) atoms. The van der Waals surface area contributed by atoms with E-state index in [-0.39, 0.29) is 6.10 Å². The number of pyridine rings is 1. The third-order valence-electron chi connectivity index (χ3n) is 4.62. The fraction of sp³-hybridized carbons (Fsp3) is 0.688. The molecule has 1 N–H and O–H groups in total. The van der Waals surface area contributed by atoms with Gasteiger partial charge in [-0.15, -0.1) is 0 Å². The van der Waals surface area contributed by atoms with Crippen molar-refractivity contribution in [1.82, 2.24) is 10.3 Å². The second kappa shape index (κ2) is 5.91. The van der Waals surface area contributed by atoms with Gasteiger partial charge in [0.1, 0.15) is 5.82 Å². The maximum atomic E-state index is 5.50. The molecule has 5 heteroatoms. The summed E-state index contributed by atoms with van der Waals surface area (Å²) in [6, 6.07) is 3.28. The molecule has 0 saturated carbocycles. The monoisotopic (exact) mass is 291 g/mol. The fourth-order valence-electron chi connectivity index (χ4n) is 3.54. The van der Waals surface area contributed by atoms with Gasteiger partial charge in [0.25, 0.3) is 0 Å². The van der Waals surface area contributed by atoms with Crippen LogP contribution in [0.15, 0.2) is 6.07 Å². The van der Waals surface area contributed by atoms with Crippen molar-refractivity contribution in [3.8, 4) is 0 Å². The van der Waals surface area contributed by atoms with Crippen molar-refractivity contribution in [2.24, 2.45) is 0 Å². The summed E-state index contributed by atoms with van der Waals surface area (Å²) in [7, 11) is 3.45. The van der Waals surface area contributed by atoms with Gasteiger partial charge < -0.3 is 19.7 Å². The summed E-state index contributed by atoms with van der Waals surface area (Å²) in [5.41, 5.74) is 3.49. The largest absolute Gasteiger partial charge is 0.380 e. The lowest BCUT2D eigenvalue weighted by molar-refractivity contribution is 0.111. The van der Waals surface area contributed by atoms with Crippen LogP contribution >= 0.6 is 0 Å². The lowest BCUT2D eigenvalue weighted by atomic mass is 10.0. The molecular weight excluding hydrogens is 266 g/mol. The second-order valence-corrected chi connectivity index (χ2v) is 6.10. The molecule has 2 aliphatic heterocycles. The topological polar surface area (TPSA) is 46.6 Å². The van der Waals surface area contributed by atoms with Gasteiger partial charge in [-0.25, -0.2) is 4.98 Å². The van der Waals surface area contributed by atoms with Gasteiger partial charge in [-0.2, -0.15) is 0 Å². The van der Waals surface area contributed by atoms with Gasteiger partial charge >= 0.3 is 0 Å². The first-order valence-electron chi connectivity index (χ1n) is 7.69. The maximum absolute atomic E-state index is 5.50. The Morgan fingerprint density at radius 2 is 2.24 bits per heavy atom. The van der Waals surface area contributed by atoms with E-state index < -0.39 is 0 Å². The molecule has 0 aliphatic carbocycles. The average molecular weight is 291 g/mol. The quantitative estimate of drug-likeness (QED) is 0.914. The van der Waals surface area contributed by atoms with Crippen LogP contribution in [0.25, 0.3) is 0 Å². The molecule has 3 heterocycles. The molecule has 0 aromatic carbocycles. The van der Waals surface area contributed by atoms with Gasteiger partial charge in [0.15, 0.2) is 0 Å². The van der Waals surface area contributed by atoms with E-state index in [9.17, 15) is 0 Å². The number of piperazine rings is 1. The third-order valence-corrected chi connectivity index (χ3v) is 4.62. The highest BCUT2D eigenvalue weighted by molar-refractivity contribution is 5.57. The Morgan fingerprint density at radius 1 is 1.43 bits per heavy atom. The van der Waals surface area contributed by atoms with E-state index in [1.807, 2.05) is 6.92 Å². The minimum Gasteiger partial charge on any atom is -0.380 e. The lowest BCUT2D eigenvalue weighted by Crippen LogP contribution is -2.55. The zero-order valence-corrected chi connectivity index (χ0v) is 13.3. The first-order valence-corrected chi connectivity index (χ1v) is 7.69. The number of anilines is 1. The average Bonchev–Trinajstić information content (AvgIpc) is 2.84. The molecule has 3 rings (SSSR count). The first-order chi connectivity index (χ1) is 10.2. The van der Waals surface area contributed by atoms with Crippen LogP contribution in [0, 0.1) is 0 Å². The van der Waals surface area contributed by atoms with Crippen LogP contribution < -0.4 is 10.2 Å². The van der Waals surface area contributed by atoms with Crippen LogP contribution in [0.1, 0.15) is 36.8 Å². The summed E-state index contributed by atoms with van der Waals surface area (Å²) in [5.74, 6) is 1.15. The zero-order valence-electron chi connectivity index (χ0n) is 13.3. The van der Waals surface area contributed by atoms with E-state index in [0.29, 0.717) is 18.7 Å². The fourth-order valence-corrected chi connectivity index (χ4v) is 3.54. The number of ether oxygens (including phenoxy) is 2. The van der Waals surface area contributed by atoms with Gasteiger partial charge in [-0.1, -0.05) is 0 Å². The first kappa shape index (κ1) is 14.8. The third kappa shape index (κ3) is 2.54. The Morgan fingerprint density at radius 3 is 2.95 bits per heavy atom. The molecule has 1 aromatic heterocycles. The number of hydrogen-bond acceptors (Lipinski definition) is 5. The number of hydrogen-bond donors (Lipinski definition) is 1. The summed E-state index contributed by atoms with van der Waals surface area (Å²) in [5, 5.41) is 3.51. The molecule has 5 nitrogen and oxygen atoms in total. The molecule has 0 radical (unpaired) electrons. The number of rotatable bonds is 4. The molecule has 0 amide bonds. The molecule has 3 atom stereocenters. The predicted octanol–water partition coefficient (Wildman–Crippen LogP) is 1.66. The number of nitrogens with zero attached hydrogens (tertiary/aromatic N) is 2. The highest BCUT2D eigenvalue weighted by Gasteiger charge is 2.37. The van der Waals surface area contributed by atoms with Crippen molar-refractivity contribution in [1.29, 1.82) is 0 Å². The number of methoxy groups -OCH3 is 2. The van der Waals surface area contributed by atoms with Gasteiger partial charge in [-0.3, -0.25) is 0 Å². The van der Waals surface area contributed by atoms with Gasteiger partial charge in [-0.05, 0) is 31.9 Å². The van der Waals surface area contributed by atoms with E-state index in [4.69, 9.17) is 14.5 Å². The van der Waals surface area contributed by atoms with Gasteiger partial charge in [0, 0.05) is 45.0 Å². The predicted molar refractivity (Wildman–Crippen MR) is 82.7 cm³/mol. The molecule has 0 unspecified atom stereocenters. The Labute approximate surface area is 126 Å². The molecule has 1 fully saturated rings. The highest BCUT2D eigenvalue weighted by Crippen LogP contribution is 2.36. The van der Waals surface area contributed by atoms with Crippen LogP contribution in [0.4, 0.5) is 5.82 Å². The summed E-state index contributed by atoms with van der Waals surface area (Å²) in [6.45, 7) is 6.95. The smallest absolute Gasteiger partial charge is 0.132 e. The molecule has 1 saturated heterocycles. The minimum atomic E-state index is -0.0160. The number of aromatic nitrogens is 1. The highest BCUT2D eigenvalue weighted by atomic mass is 16.5. The Kier molecular flexibility index (Phi) is 4.15. The number of fused-ring (bicyclic) bond motifs is 3. The minimum absolute atomic E-state index is 0.0160. The number of nitrogens with one attached hydrogen (secondary N) is 1. The van der Waals surface area contributed by atoms with Crippen LogP contribution in [0.5, 0.6) is 0 Å². The Hall–Kier alpha value is -1.17. The van der Waals surface area contributed by atoms with E-state index in [2.05, 4.69) is 23.2 Å². The molecule has 0 bridgehead atoms. The zero-order chi connectivity index (χ0) is 15.0. The summed E-state index contributed by atoms with van der Waals surface area (Å²) in [4.78, 5) is 7.45. The molecule has 2 aliphatic rings. The SMILES string of the molecule is COCc1cc2c(nc1[C@@H](C)OC)N1[C@@H](CNC[C@H]1C)C2. The van der Waals surface area contributed by atoms with E-state index >= 15 is 0 Å². The van der Waals surface area contributed by atoms with Crippen molar-refractivity contribution >= 4 is 5.82 Å². The van der Waals surface area contributed by atoms with E-state index in [1.54, 1.807) is 14.2 Å². The molecule has 0 spiro atoms. The van der Waals surface area contributed by atoms with E-state index in [0.717, 1.165) is 36.6 Å². The van der Waals surface area contributed by atoms with Crippen LogP contribution in [0.3, 0.4) is 0 Å². The normalized spacial score (nSPS) is 25.6. The van der Waals surface area contributed by atoms with Crippen molar-refractivity contribution < 1.29 is 9.47 Å². The van der Waals surface area contributed by atoms with Gasteiger partial charge in [0.2, 0.25) is 0 Å². The van der Waals surface area contributed by atoms with Crippen LogP contribution in [0.2, 0.25) is 0 Å². The van der Waals surface area contributed by atoms with Crippen molar-refractivity contribution in [2.45, 2.75) is 45.1 Å².